The fourth-order valence-corrected chi connectivity index (χ4v) is 1.91. The van der Waals surface area contributed by atoms with Crippen LogP contribution in [0.5, 0.6) is 0 Å². The van der Waals surface area contributed by atoms with Gasteiger partial charge in [0, 0.05) is 12.6 Å². The van der Waals surface area contributed by atoms with Gasteiger partial charge in [-0.3, -0.25) is 10.1 Å². The first-order valence-corrected chi connectivity index (χ1v) is 6.92. The molecular weight excluding hydrogens is 324 g/mol. The topological polar surface area (TPSA) is 97.6 Å². The molecule has 0 bridgehead atoms. The van der Waals surface area contributed by atoms with E-state index in [2.05, 4.69) is 5.32 Å². The zero-order valence-electron chi connectivity index (χ0n) is 12.1. The fraction of sp³-hybridized carbons (Fsp3) is 0.133. The molecule has 0 spiro atoms. The normalized spacial score (nSPS) is 10.0. The molecule has 1 heterocycles. The summed E-state index contributed by atoms with van der Waals surface area (Å²) in [6, 6.07) is 9.29. The van der Waals surface area contributed by atoms with Crippen LogP contribution in [0.3, 0.4) is 0 Å². The van der Waals surface area contributed by atoms with Gasteiger partial charge >= 0.3 is 12.0 Å². The molecule has 2 rings (SSSR count). The molecule has 0 radical (unpaired) electrons. The highest BCUT2D eigenvalue weighted by atomic mass is 35.5. The van der Waals surface area contributed by atoms with Crippen LogP contribution in [0, 0.1) is 0 Å². The first-order valence-electron chi connectivity index (χ1n) is 6.54. The van der Waals surface area contributed by atoms with E-state index in [-0.39, 0.29) is 5.76 Å². The highest BCUT2D eigenvalue weighted by molar-refractivity contribution is 6.33. The van der Waals surface area contributed by atoms with Crippen molar-refractivity contribution in [1.29, 1.82) is 0 Å². The van der Waals surface area contributed by atoms with Crippen LogP contribution in [0.25, 0.3) is 11.3 Å². The van der Waals surface area contributed by atoms with Gasteiger partial charge in [0.15, 0.2) is 6.61 Å². The molecular formula is C15H13ClN2O5. The van der Waals surface area contributed by atoms with Gasteiger partial charge in [-0.25, -0.2) is 9.59 Å². The average molecular weight is 337 g/mol. The van der Waals surface area contributed by atoms with Gasteiger partial charge in [-0.1, -0.05) is 23.7 Å². The number of hydrogen-bond acceptors (Lipinski definition) is 5. The lowest BCUT2D eigenvalue weighted by Gasteiger charge is -2.04. The maximum absolute atomic E-state index is 11.8. The Morgan fingerprint density at radius 2 is 1.91 bits per heavy atom. The molecule has 0 aliphatic heterocycles. The zero-order chi connectivity index (χ0) is 16.8. The average Bonchev–Trinajstić information content (AvgIpc) is 3.02. The minimum Gasteiger partial charge on any atom is -0.450 e. The van der Waals surface area contributed by atoms with Crippen molar-refractivity contribution in [3.8, 4) is 11.3 Å². The van der Waals surface area contributed by atoms with Crippen molar-refractivity contribution < 1.29 is 23.5 Å². The molecule has 0 saturated heterocycles. The highest BCUT2D eigenvalue weighted by Crippen LogP contribution is 2.29. The van der Waals surface area contributed by atoms with Crippen LogP contribution in [0.4, 0.5) is 4.79 Å². The lowest BCUT2D eigenvalue weighted by molar-refractivity contribution is -0.123. The van der Waals surface area contributed by atoms with Crippen molar-refractivity contribution >= 4 is 29.5 Å². The van der Waals surface area contributed by atoms with Crippen molar-refractivity contribution in [2.75, 3.05) is 13.7 Å². The molecule has 8 heteroatoms. The van der Waals surface area contributed by atoms with Crippen LogP contribution in [-0.4, -0.2) is 31.6 Å². The molecule has 0 unspecified atom stereocenters. The monoisotopic (exact) mass is 336 g/mol. The van der Waals surface area contributed by atoms with Crippen LogP contribution in [0.1, 0.15) is 10.6 Å². The number of urea groups is 1. The number of halogens is 1. The third-order valence-corrected chi connectivity index (χ3v) is 3.09. The van der Waals surface area contributed by atoms with E-state index in [1.54, 1.807) is 30.3 Å². The number of amides is 3. The van der Waals surface area contributed by atoms with Gasteiger partial charge in [-0.2, -0.15) is 0 Å². The SMILES string of the molecule is CNC(=O)NC(=O)COC(=O)c1ccc(-c2ccccc2Cl)o1. The predicted octanol–water partition coefficient (Wildman–Crippen LogP) is 2.21. The molecule has 1 aromatic carbocycles. The van der Waals surface area contributed by atoms with Crippen LogP contribution >= 0.6 is 11.6 Å². The van der Waals surface area contributed by atoms with E-state index in [1.165, 1.54) is 13.1 Å². The van der Waals surface area contributed by atoms with Gasteiger partial charge in [0.25, 0.3) is 5.91 Å². The lowest BCUT2D eigenvalue weighted by Crippen LogP contribution is -2.39. The summed E-state index contributed by atoms with van der Waals surface area (Å²) in [5.41, 5.74) is 0.630. The number of hydrogen-bond donors (Lipinski definition) is 2. The molecule has 1 aromatic heterocycles. The predicted molar refractivity (Wildman–Crippen MR) is 82.0 cm³/mol. The Hall–Kier alpha value is -2.80. The molecule has 23 heavy (non-hydrogen) atoms. The number of benzene rings is 1. The summed E-state index contributed by atoms with van der Waals surface area (Å²) in [5.74, 6) is -1.25. The number of nitrogens with one attached hydrogen (secondary N) is 2. The maximum atomic E-state index is 11.8. The summed E-state index contributed by atoms with van der Waals surface area (Å²) in [4.78, 5) is 34.0. The second-order valence-corrected chi connectivity index (χ2v) is 4.75. The molecule has 120 valence electrons. The third kappa shape index (κ3) is 4.33. The van der Waals surface area contributed by atoms with E-state index in [0.717, 1.165) is 0 Å². The van der Waals surface area contributed by atoms with Gasteiger partial charge in [-0.15, -0.1) is 0 Å². The second-order valence-electron chi connectivity index (χ2n) is 4.35. The number of furan rings is 1. The minimum atomic E-state index is -0.824. The fourth-order valence-electron chi connectivity index (χ4n) is 1.68. The molecule has 0 aliphatic rings. The summed E-state index contributed by atoms with van der Waals surface area (Å²) in [6.07, 6.45) is 0. The number of rotatable bonds is 4. The Morgan fingerprint density at radius 1 is 1.17 bits per heavy atom. The van der Waals surface area contributed by atoms with Crippen LogP contribution in [0.15, 0.2) is 40.8 Å². The van der Waals surface area contributed by atoms with Crippen molar-refractivity contribution in [2.24, 2.45) is 0 Å². The first-order chi connectivity index (χ1) is 11.0. The number of ether oxygens (including phenoxy) is 1. The Balaban J connectivity index is 1.98. The molecule has 0 atom stereocenters. The summed E-state index contributed by atoms with van der Waals surface area (Å²) >= 11 is 6.05. The van der Waals surface area contributed by atoms with Gasteiger partial charge in [0.05, 0.1) is 5.02 Å². The number of imide groups is 1. The Bertz CT molecular complexity index is 741. The highest BCUT2D eigenvalue weighted by Gasteiger charge is 2.16. The smallest absolute Gasteiger partial charge is 0.374 e. The number of carbonyl (C=O) groups is 3. The van der Waals surface area contributed by atoms with E-state index in [1.807, 2.05) is 5.32 Å². The molecule has 0 fully saturated rings. The number of esters is 1. The summed E-state index contributed by atoms with van der Waals surface area (Å²) < 4.78 is 10.1. The van der Waals surface area contributed by atoms with Crippen LogP contribution in [0.2, 0.25) is 5.02 Å². The van der Waals surface area contributed by atoms with E-state index in [4.69, 9.17) is 20.8 Å². The van der Waals surface area contributed by atoms with E-state index < -0.39 is 24.5 Å². The number of carbonyl (C=O) groups excluding carboxylic acids is 3. The van der Waals surface area contributed by atoms with Gasteiger partial charge in [0.2, 0.25) is 5.76 Å². The van der Waals surface area contributed by atoms with Crippen molar-refractivity contribution in [3.63, 3.8) is 0 Å². The molecule has 7 nitrogen and oxygen atoms in total. The molecule has 0 saturated carbocycles. The Morgan fingerprint density at radius 3 is 2.61 bits per heavy atom. The third-order valence-electron chi connectivity index (χ3n) is 2.76. The summed E-state index contributed by atoms with van der Waals surface area (Å²) in [7, 11) is 1.35. The van der Waals surface area contributed by atoms with E-state index in [9.17, 15) is 14.4 Å². The lowest BCUT2D eigenvalue weighted by atomic mass is 10.2. The summed E-state index contributed by atoms with van der Waals surface area (Å²) in [6.45, 7) is -0.603. The quantitative estimate of drug-likeness (QED) is 0.834. The Labute approximate surface area is 136 Å². The van der Waals surface area contributed by atoms with Gasteiger partial charge < -0.3 is 14.5 Å². The van der Waals surface area contributed by atoms with E-state index in [0.29, 0.717) is 16.3 Å². The van der Waals surface area contributed by atoms with Crippen molar-refractivity contribution in [1.82, 2.24) is 10.6 Å². The van der Waals surface area contributed by atoms with Gasteiger partial charge in [-0.05, 0) is 24.3 Å². The van der Waals surface area contributed by atoms with Crippen LogP contribution in [-0.2, 0) is 9.53 Å². The Kier molecular flexibility index (Phi) is 5.37. The summed E-state index contributed by atoms with van der Waals surface area (Å²) in [5, 5.41) is 4.64. The molecule has 3 amide bonds. The maximum Gasteiger partial charge on any atom is 0.374 e. The van der Waals surface area contributed by atoms with Crippen molar-refractivity contribution in [2.45, 2.75) is 0 Å². The largest absolute Gasteiger partial charge is 0.450 e. The standard InChI is InChI=1S/C15H13ClN2O5/c1-17-15(21)18-13(19)8-22-14(20)12-7-6-11(23-12)9-4-2-3-5-10(9)16/h2-7H,8H2,1H3,(H2,17,18,19,21). The second kappa shape index (κ2) is 7.46. The molecule has 0 aliphatic carbocycles. The molecule has 2 N–H and O–H groups in total. The first kappa shape index (κ1) is 16.6. The zero-order valence-corrected chi connectivity index (χ0v) is 12.8. The van der Waals surface area contributed by atoms with Crippen LogP contribution < -0.4 is 10.6 Å². The van der Waals surface area contributed by atoms with Crippen molar-refractivity contribution in [3.05, 3.63) is 47.2 Å². The molecule has 2 aromatic rings. The van der Waals surface area contributed by atoms with E-state index >= 15 is 0 Å². The van der Waals surface area contributed by atoms with Gasteiger partial charge in [0.1, 0.15) is 5.76 Å². The minimum absolute atomic E-state index is 0.0762.